The quantitative estimate of drug-likeness (QED) is 0.763. The number of nitrogens with zero attached hydrogens (tertiary/aromatic N) is 3. The van der Waals surface area contributed by atoms with Crippen molar-refractivity contribution in [2.24, 2.45) is 0 Å². The van der Waals surface area contributed by atoms with Crippen LogP contribution >= 0.6 is 11.3 Å². The van der Waals surface area contributed by atoms with E-state index in [1.54, 1.807) is 18.4 Å². The van der Waals surface area contributed by atoms with Crippen LogP contribution in [0.2, 0.25) is 0 Å². The van der Waals surface area contributed by atoms with Crippen LogP contribution in [0.25, 0.3) is 0 Å². The zero-order valence-corrected chi connectivity index (χ0v) is 19.0. The summed E-state index contributed by atoms with van der Waals surface area (Å²) in [6, 6.07) is 10.5. The lowest BCUT2D eigenvalue weighted by Crippen LogP contribution is -2.48. The molecule has 4 rings (SSSR count). The third-order valence-electron chi connectivity index (χ3n) is 6.19. The van der Waals surface area contributed by atoms with E-state index in [4.69, 9.17) is 4.74 Å². The van der Waals surface area contributed by atoms with Gasteiger partial charge in [0.25, 0.3) is 0 Å². The Kier molecular flexibility index (Phi) is 7.10. The van der Waals surface area contributed by atoms with Gasteiger partial charge in [-0.05, 0) is 43.4 Å². The van der Waals surface area contributed by atoms with Crippen LogP contribution in [-0.4, -0.2) is 50.6 Å². The molecule has 164 valence electrons. The highest BCUT2D eigenvalue weighted by Gasteiger charge is 2.23. The van der Waals surface area contributed by atoms with Gasteiger partial charge in [-0.2, -0.15) is 5.26 Å². The average Bonchev–Trinajstić information content (AvgIpc) is 3.09. The molecule has 0 unspecified atom stereocenters. The van der Waals surface area contributed by atoms with Crippen LogP contribution in [-0.2, 0) is 17.6 Å². The van der Waals surface area contributed by atoms with Crippen LogP contribution in [0.15, 0.2) is 24.3 Å². The van der Waals surface area contributed by atoms with E-state index in [1.165, 1.54) is 29.7 Å². The van der Waals surface area contributed by atoms with E-state index < -0.39 is 0 Å². The molecule has 1 aromatic heterocycles. The molecule has 1 amide bonds. The molecule has 0 bridgehead atoms. The van der Waals surface area contributed by atoms with E-state index in [0.717, 1.165) is 61.9 Å². The Bertz CT molecular complexity index is 957. The highest BCUT2D eigenvalue weighted by molar-refractivity contribution is 7.16. The molecule has 2 aromatic rings. The molecule has 6 nitrogen and oxygen atoms in total. The first kappa shape index (κ1) is 21.7. The SMILES string of the molecule is COc1cccc(N2CCN(CC(=O)Nc3sc4c(c3C#N)CCCCCC4)CC2)c1. The zero-order valence-electron chi connectivity index (χ0n) is 18.2. The highest BCUT2D eigenvalue weighted by Crippen LogP contribution is 2.36. The number of benzene rings is 1. The summed E-state index contributed by atoms with van der Waals surface area (Å²) in [7, 11) is 1.68. The van der Waals surface area contributed by atoms with Crippen LogP contribution in [0.3, 0.4) is 0 Å². The van der Waals surface area contributed by atoms with Crippen molar-refractivity contribution in [3.8, 4) is 11.8 Å². The molecule has 1 aliphatic heterocycles. The number of piperazine rings is 1. The lowest BCUT2D eigenvalue weighted by Gasteiger charge is -2.35. The van der Waals surface area contributed by atoms with E-state index in [2.05, 4.69) is 33.3 Å². The first-order valence-electron chi connectivity index (χ1n) is 11.1. The normalized spacial score (nSPS) is 17.2. The number of nitriles is 1. The Morgan fingerprint density at radius 3 is 2.68 bits per heavy atom. The van der Waals surface area contributed by atoms with Crippen LogP contribution in [0.4, 0.5) is 10.7 Å². The second-order valence-electron chi connectivity index (χ2n) is 8.25. The van der Waals surface area contributed by atoms with E-state index >= 15 is 0 Å². The monoisotopic (exact) mass is 438 g/mol. The molecule has 0 saturated carbocycles. The van der Waals surface area contributed by atoms with Crippen molar-refractivity contribution in [1.29, 1.82) is 5.26 Å². The molecule has 7 heteroatoms. The number of nitrogens with one attached hydrogen (secondary N) is 1. The predicted octanol–water partition coefficient (Wildman–Crippen LogP) is 4.05. The number of rotatable bonds is 5. The van der Waals surface area contributed by atoms with E-state index in [-0.39, 0.29) is 5.91 Å². The molecule has 1 aromatic carbocycles. The maximum absolute atomic E-state index is 12.7. The molecule has 31 heavy (non-hydrogen) atoms. The molecule has 0 radical (unpaired) electrons. The van der Waals surface area contributed by atoms with Crippen molar-refractivity contribution in [3.05, 3.63) is 40.3 Å². The van der Waals surface area contributed by atoms with E-state index in [9.17, 15) is 10.1 Å². The van der Waals surface area contributed by atoms with Crippen molar-refractivity contribution in [3.63, 3.8) is 0 Å². The number of amides is 1. The molecular formula is C24H30N4O2S. The van der Waals surface area contributed by atoms with Gasteiger partial charge in [-0.15, -0.1) is 11.3 Å². The minimum Gasteiger partial charge on any atom is -0.497 e. The second kappa shape index (κ2) is 10.2. The van der Waals surface area contributed by atoms with Gasteiger partial charge in [-0.25, -0.2) is 0 Å². The van der Waals surface area contributed by atoms with Gasteiger partial charge in [-0.1, -0.05) is 18.9 Å². The summed E-state index contributed by atoms with van der Waals surface area (Å²) in [4.78, 5) is 18.5. The van der Waals surface area contributed by atoms with Gasteiger partial charge in [0.15, 0.2) is 0 Å². The predicted molar refractivity (Wildman–Crippen MR) is 125 cm³/mol. The molecule has 0 atom stereocenters. The van der Waals surface area contributed by atoms with Crippen LogP contribution < -0.4 is 15.0 Å². The van der Waals surface area contributed by atoms with Gasteiger partial charge in [0.05, 0.1) is 19.2 Å². The van der Waals surface area contributed by atoms with Crippen LogP contribution in [0.1, 0.15) is 41.7 Å². The molecule has 0 spiro atoms. The van der Waals surface area contributed by atoms with Crippen molar-refractivity contribution >= 4 is 27.9 Å². The molecule has 1 N–H and O–H groups in total. The maximum Gasteiger partial charge on any atom is 0.239 e. The number of thiophene rings is 1. The molecular weight excluding hydrogens is 408 g/mol. The average molecular weight is 439 g/mol. The van der Waals surface area contributed by atoms with Gasteiger partial charge < -0.3 is 15.0 Å². The molecule has 2 heterocycles. The number of fused-ring (bicyclic) bond motifs is 1. The summed E-state index contributed by atoms with van der Waals surface area (Å²) in [5, 5.41) is 13.5. The van der Waals surface area contributed by atoms with Crippen LogP contribution in [0.5, 0.6) is 5.75 Å². The number of aryl methyl sites for hydroxylation is 1. The minimum atomic E-state index is -0.0273. The number of carbonyl (C=O) groups excluding carboxylic acids is 1. The van der Waals surface area contributed by atoms with Crippen LogP contribution in [0, 0.1) is 11.3 Å². The Balaban J connectivity index is 1.34. The summed E-state index contributed by atoms with van der Waals surface area (Å²) in [6.07, 6.45) is 6.76. The first-order valence-corrected chi connectivity index (χ1v) is 12.0. The lowest BCUT2D eigenvalue weighted by atomic mass is 9.97. The zero-order chi connectivity index (χ0) is 21.6. The number of hydrogen-bond acceptors (Lipinski definition) is 6. The van der Waals surface area contributed by atoms with Crippen molar-refractivity contribution < 1.29 is 9.53 Å². The standard InChI is InChI=1S/C24H30N4O2S/c1-30-19-8-6-7-18(15-19)28-13-11-27(12-14-28)17-23(29)26-24-21(16-25)20-9-4-2-3-5-10-22(20)31-24/h6-8,15H,2-5,9-14,17H2,1H3,(H,26,29). The first-order chi connectivity index (χ1) is 15.2. The van der Waals surface area contributed by atoms with Crippen molar-refractivity contribution in [2.75, 3.05) is 50.1 Å². The molecule has 2 aliphatic rings. The Hall–Kier alpha value is -2.56. The van der Waals surface area contributed by atoms with E-state index in [1.807, 2.05) is 12.1 Å². The Morgan fingerprint density at radius 2 is 1.94 bits per heavy atom. The number of carbonyl (C=O) groups is 1. The van der Waals surface area contributed by atoms with Gasteiger partial charge >= 0.3 is 0 Å². The number of hydrogen-bond donors (Lipinski definition) is 1. The smallest absolute Gasteiger partial charge is 0.239 e. The third-order valence-corrected chi connectivity index (χ3v) is 7.40. The second-order valence-corrected chi connectivity index (χ2v) is 9.35. The molecule has 1 saturated heterocycles. The van der Waals surface area contributed by atoms with Crippen molar-refractivity contribution in [2.45, 2.75) is 38.5 Å². The van der Waals surface area contributed by atoms with Crippen molar-refractivity contribution in [1.82, 2.24) is 4.90 Å². The van der Waals surface area contributed by atoms with Gasteiger partial charge in [0.2, 0.25) is 5.91 Å². The fourth-order valence-electron chi connectivity index (χ4n) is 4.47. The van der Waals surface area contributed by atoms with Gasteiger partial charge in [0, 0.05) is 42.8 Å². The number of ether oxygens (including phenoxy) is 1. The van der Waals surface area contributed by atoms with Gasteiger partial charge in [-0.3, -0.25) is 9.69 Å². The third kappa shape index (κ3) is 5.20. The fraction of sp³-hybridized carbons (Fsp3) is 0.500. The lowest BCUT2D eigenvalue weighted by molar-refractivity contribution is -0.117. The Morgan fingerprint density at radius 1 is 1.16 bits per heavy atom. The summed E-state index contributed by atoms with van der Waals surface area (Å²) >= 11 is 1.61. The largest absolute Gasteiger partial charge is 0.497 e. The summed E-state index contributed by atoms with van der Waals surface area (Å²) in [6.45, 7) is 3.77. The maximum atomic E-state index is 12.7. The highest BCUT2D eigenvalue weighted by atomic mass is 32.1. The molecule has 1 aliphatic carbocycles. The summed E-state index contributed by atoms with van der Waals surface area (Å²) in [5.41, 5.74) is 3.02. The topological polar surface area (TPSA) is 68.6 Å². The fourth-order valence-corrected chi connectivity index (χ4v) is 5.72. The van der Waals surface area contributed by atoms with Gasteiger partial charge in [0.1, 0.15) is 16.8 Å². The minimum absolute atomic E-state index is 0.0273. The Labute approximate surface area is 188 Å². The number of anilines is 2. The summed E-state index contributed by atoms with van der Waals surface area (Å²) < 4.78 is 5.33. The summed E-state index contributed by atoms with van der Waals surface area (Å²) in [5.74, 6) is 0.832. The number of methoxy groups -OCH3 is 1. The van der Waals surface area contributed by atoms with E-state index in [0.29, 0.717) is 12.1 Å². The molecule has 1 fully saturated rings.